The third-order valence-corrected chi connectivity index (χ3v) is 10.6. The van der Waals surface area contributed by atoms with Crippen LogP contribution in [0.25, 0.3) is 0 Å². The summed E-state index contributed by atoms with van der Waals surface area (Å²) in [5.74, 6) is -0.606. The Hall–Kier alpha value is -3.44. The zero-order valence-corrected chi connectivity index (χ0v) is 40.1. The minimum absolute atomic E-state index is 0.0736. The lowest BCUT2D eigenvalue weighted by molar-refractivity contribution is -0.161. The zero-order chi connectivity index (χ0) is 44.9. The van der Waals surface area contributed by atoms with Crippen LogP contribution in [0, 0.1) is 0 Å². The summed E-state index contributed by atoms with van der Waals surface area (Å²) in [6.45, 7) is 4.01. The number of hydrogen-bond acceptors (Lipinski definition) is 5. The van der Waals surface area contributed by atoms with Gasteiger partial charge in [0, 0.05) is 12.8 Å². The second-order valence-corrected chi connectivity index (χ2v) is 16.5. The molecule has 0 bridgehead atoms. The number of hydrogen-bond donors (Lipinski definition) is 1. The lowest BCUT2D eigenvalue weighted by atomic mass is 10.0. The summed E-state index contributed by atoms with van der Waals surface area (Å²) in [5, 5.41) is 9.60. The number of rotatable bonds is 45. The number of carbonyl (C=O) groups is 2. The molecule has 62 heavy (non-hydrogen) atoms. The van der Waals surface area contributed by atoms with Gasteiger partial charge < -0.3 is 14.6 Å². The molecule has 0 aromatic rings. The van der Waals surface area contributed by atoms with Crippen molar-refractivity contribution in [3.63, 3.8) is 0 Å². The molecule has 0 saturated heterocycles. The zero-order valence-electron chi connectivity index (χ0n) is 40.1. The van der Waals surface area contributed by atoms with Crippen LogP contribution < -0.4 is 0 Å². The lowest BCUT2D eigenvalue weighted by Gasteiger charge is -2.15. The molecule has 0 fully saturated rings. The van der Waals surface area contributed by atoms with E-state index in [0.29, 0.717) is 12.8 Å². The first-order chi connectivity index (χ1) is 30.6. The van der Waals surface area contributed by atoms with Crippen LogP contribution in [0.5, 0.6) is 0 Å². The van der Waals surface area contributed by atoms with Gasteiger partial charge in [-0.3, -0.25) is 9.59 Å². The van der Waals surface area contributed by atoms with E-state index < -0.39 is 6.10 Å². The second kappa shape index (κ2) is 51.9. The smallest absolute Gasteiger partial charge is 0.306 e. The molecule has 0 radical (unpaired) electrons. The highest BCUT2D eigenvalue weighted by Crippen LogP contribution is 2.14. The molecule has 0 aliphatic carbocycles. The van der Waals surface area contributed by atoms with E-state index in [-0.39, 0.29) is 25.2 Å². The fourth-order valence-electron chi connectivity index (χ4n) is 6.78. The van der Waals surface area contributed by atoms with E-state index >= 15 is 0 Å². The number of unbranched alkanes of at least 4 members (excludes halogenated alkanes) is 19. The van der Waals surface area contributed by atoms with E-state index in [1.807, 2.05) is 0 Å². The maximum atomic E-state index is 12.2. The van der Waals surface area contributed by atoms with Crippen LogP contribution in [0.15, 0.2) is 109 Å². The number of esters is 2. The second-order valence-electron chi connectivity index (χ2n) is 16.5. The Bertz CT molecular complexity index is 1250. The molecule has 5 heteroatoms. The Balaban J connectivity index is 3.61. The van der Waals surface area contributed by atoms with Gasteiger partial charge in [-0.25, -0.2) is 0 Å². The van der Waals surface area contributed by atoms with E-state index in [9.17, 15) is 14.7 Å². The summed E-state index contributed by atoms with van der Waals surface area (Å²) >= 11 is 0. The summed E-state index contributed by atoms with van der Waals surface area (Å²) in [7, 11) is 0. The normalized spacial score (nSPS) is 13.1. The van der Waals surface area contributed by atoms with E-state index in [1.165, 1.54) is 89.9 Å². The molecule has 0 aromatic carbocycles. The molecule has 352 valence electrons. The van der Waals surface area contributed by atoms with Crippen LogP contribution in [0.2, 0.25) is 0 Å². The van der Waals surface area contributed by atoms with Crippen molar-refractivity contribution in [2.75, 3.05) is 13.2 Å². The lowest BCUT2D eigenvalue weighted by Crippen LogP contribution is -2.28. The molecule has 1 atom stereocenters. The van der Waals surface area contributed by atoms with E-state index in [0.717, 1.165) is 103 Å². The standard InChI is InChI=1S/C57H94O5/c1-3-5-7-9-11-13-15-17-18-19-20-21-22-23-24-25-26-27-28-29-30-31-32-33-34-35-36-37-38-40-42-44-46-48-50-52-57(60)62-55(53-58)54-61-56(59)51-49-47-45-43-41-39-16-14-12-10-8-6-4-2/h5,7,11,13,17-18,20-21,23-24,26-27,29-30,32-33,35-36,55,58H,3-4,6,8-10,12,14-16,19,22,25,28,31,34,37-54H2,1-2H3/b7-5-,13-11-,18-17-,21-20-,24-23-,27-26-,30-29-,33-32-,36-35-. The highest BCUT2D eigenvalue weighted by molar-refractivity contribution is 5.70. The van der Waals surface area contributed by atoms with Gasteiger partial charge >= 0.3 is 11.9 Å². The van der Waals surface area contributed by atoms with Crippen molar-refractivity contribution in [2.24, 2.45) is 0 Å². The molecule has 5 nitrogen and oxygen atoms in total. The van der Waals surface area contributed by atoms with Crippen molar-refractivity contribution in [2.45, 2.75) is 225 Å². The van der Waals surface area contributed by atoms with E-state index in [1.54, 1.807) is 0 Å². The molecule has 1 unspecified atom stereocenters. The van der Waals surface area contributed by atoms with Crippen molar-refractivity contribution < 1.29 is 24.2 Å². The molecule has 0 aliphatic rings. The number of aliphatic hydroxyl groups excluding tert-OH is 1. The summed E-state index contributed by atoms with van der Waals surface area (Å²) < 4.78 is 10.6. The van der Waals surface area contributed by atoms with Crippen LogP contribution in [-0.4, -0.2) is 36.4 Å². The third-order valence-electron chi connectivity index (χ3n) is 10.6. The van der Waals surface area contributed by atoms with Crippen molar-refractivity contribution in [1.82, 2.24) is 0 Å². The van der Waals surface area contributed by atoms with Gasteiger partial charge in [-0.05, 0) is 83.5 Å². The molecule has 0 saturated carbocycles. The van der Waals surface area contributed by atoms with Crippen LogP contribution in [0.3, 0.4) is 0 Å². The Morgan fingerprint density at radius 1 is 0.387 bits per heavy atom. The maximum Gasteiger partial charge on any atom is 0.306 e. The molecule has 0 amide bonds. The predicted octanol–water partition coefficient (Wildman–Crippen LogP) is 17.0. The van der Waals surface area contributed by atoms with Crippen molar-refractivity contribution in [1.29, 1.82) is 0 Å². The Morgan fingerprint density at radius 3 is 1.05 bits per heavy atom. The number of allylic oxidation sites excluding steroid dienone is 18. The Kier molecular flexibility index (Phi) is 49.0. The summed E-state index contributed by atoms with van der Waals surface area (Å²) in [5.41, 5.74) is 0. The predicted molar refractivity (Wildman–Crippen MR) is 269 cm³/mol. The van der Waals surface area contributed by atoms with Gasteiger partial charge in [-0.1, -0.05) is 232 Å². The molecular formula is C57H94O5. The quantitative estimate of drug-likeness (QED) is 0.0375. The SMILES string of the molecule is CC/C=C\C/C=C\C/C=C\C/C=C\C/C=C\C/C=C\C/C=C\C/C=C\C/C=C\CCCCCCCCCC(=O)OC(CO)COC(=O)CCCCCCCCCCCCCCC. The largest absolute Gasteiger partial charge is 0.462 e. The molecule has 0 aliphatic heterocycles. The van der Waals surface area contributed by atoms with Gasteiger partial charge in [0.05, 0.1) is 6.61 Å². The Labute approximate surface area is 382 Å². The van der Waals surface area contributed by atoms with Gasteiger partial charge in [0.25, 0.3) is 0 Å². The van der Waals surface area contributed by atoms with Gasteiger partial charge in [-0.2, -0.15) is 0 Å². The van der Waals surface area contributed by atoms with Gasteiger partial charge in [-0.15, -0.1) is 0 Å². The highest BCUT2D eigenvalue weighted by Gasteiger charge is 2.16. The first-order valence-electron chi connectivity index (χ1n) is 25.4. The minimum Gasteiger partial charge on any atom is -0.462 e. The van der Waals surface area contributed by atoms with Gasteiger partial charge in [0.1, 0.15) is 6.61 Å². The molecular weight excluding hydrogens is 765 g/mol. The summed E-state index contributed by atoms with van der Waals surface area (Å²) in [6.07, 6.45) is 74.6. The van der Waals surface area contributed by atoms with Crippen LogP contribution in [-0.2, 0) is 19.1 Å². The number of aliphatic hydroxyl groups is 1. The number of carbonyl (C=O) groups excluding carboxylic acids is 2. The first kappa shape index (κ1) is 58.6. The summed E-state index contributed by atoms with van der Waals surface area (Å²) in [4.78, 5) is 24.4. The van der Waals surface area contributed by atoms with Crippen LogP contribution in [0.1, 0.15) is 219 Å². The minimum atomic E-state index is -0.782. The van der Waals surface area contributed by atoms with Crippen molar-refractivity contribution >= 4 is 11.9 Å². The average Bonchev–Trinajstić information content (AvgIpc) is 3.28. The average molecular weight is 859 g/mol. The number of ether oxygens (including phenoxy) is 2. The monoisotopic (exact) mass is 859 g/mol. The first-order valence-corrected chi connectivity index (χ1v) is 25.4. The molecule has 0 spiro atoms. The van der Waals surface area contributed by atoms with Gasteiger partial charge in [0.15, 0.2) is 6.10 Å². The topological polar surface area (TPSA) is 72.8 Å². The van der Waals surface area contributed by atoms with E-state index in [4.69, 9.17) is 9.47 Å². The molecule has 0 rings (SSSR count). The molecule has 1 N–H and O–H groups in total. The highest BCUT2D eigenvalue weighted by atomic mass is 16.6. The molecule has 0 heterocycles. The van der Waals surface area contributed by atoms with Crippen molar-refractivity contribution in [3.05, 3.63) is 109 Å². The van der Waals surface area contributed by atoms with Crippen LogP contribution in [0.4, 0.5) is 0 Å². The maximum absolute atomic E-state index is 12.2. The fourth-order valence-corrected chi connectivity index (χ4v) is 6.78. The van der Waals surface area contributed by atoms with Crippen LogP contribution >= 0.6 is 0 Å². The fraction of sp³-hybridized carbons (Fsp3) is 0.649. The summed E-state index contributed by atoms with van der Waals surface area (Å²) in [6, 6.07) is 0. The van der Waals surface area contributed by atoms with Crippen molar-refractivity contribution in [3.8, 4) is 0 Å². The van der Waals surface area contributed by atoms with E-state index in [2.05, 4.69) is 123 Å². The van der Waals surface area contributed by atoms with Gasteiger partial charge in [0.2, 0.25) is 0 Å². The third kappa shape index (κ3) is 49.2. The Morgan fingerprint density at radius 2 is 0.694 bits per heavy atom. The molecule has 0 aromatic heterocycles.